The predicted octanol–water partition coefficient (Wildman–Crippen LogP) is 3.61. The molecule has 0 bridgehead atoms. The summed E-state index contributed by atoms with van der Waals surface area (Å²) in [6, 6.07) is 3.07. The number of nitro benzene ring substituents is 1. The molecule has 0 aromatic heterocycles. The van der Waals surface area contributed by atoms with Crippen molar-refractivity contribution in [1.29, 1.82) is 0 Å². The van der Waals surface area contributed by atoms with Crippen molar-refractivity contribution in [2.24, 2.45) is 0 Å². The number of carbonyl (C=O) groups is 1. The molecule has 0 spiro atoms. The smallest absolute Gasteiger partial charge is 0.338 e. The van der Waals surface area contributed by atoms with Gasteiger partial charge in [-0.1, -0.05) is 12.8 Å². The SMILES string of the molecule is O=C(OC1CCCCCC1)c1ccc([N+](=O)[O-])c(F)c1. The first kappa shape index (κ1) is 14.4. The zero-order chi connectivity index (χ0) is 14.5. The third kappa shape index (κ3) is 3.53. The molecule has 0 unspecified atom stereocenters. The van der Waals surface area contributed by atoms with Crippen LogP contribution in [0.25, 0.3) is 0 Å². The van der Waals surface area contributed by atoms with Gasteiger partial charge in [0, 0.05) is 6.07 Å². The van der Waals surface area contributed by atoms with Crippen LogP contribution in [-0.2, 0) is 4.74 Å². The van der Waals surface area contributed by atoms with Crippen LogP contribution in [0.15, 0.2) is 18.2 Å². The predicted molar refractivity (Wildman–Crippen MR) is 70.0 cm³/mol. The van der Waals surface area contributed by atoms with Crippen molar-refractivity contribution in [2.45, 2.75) is 44.6 Å². The molecule has 0 atom stereocenters. The number of hydrogen-bond donors (Lipinski definition) is 0. The number of carbonyl (C=O) groups excluding carboxylic acids is 1. The van der Waals surface area contributed by atoms with Crippen LogP contribution in [-0.4, -0.2) is 17.0 Å². The lowest BCUT2D eigenvalue weighted by Crippen LogP contribution is -2.17. The van der Waals surface area contributed by atoms with Crippen LogP contribution in [0.3, 0.4) is 0 Å². The first-order valence-corrected chi connectivity index (χ1v) is 6.73. The van der Waals surface area contributed by atoms with Crippen LogP contribution in [0.2, 0.25) is 0 Å². The van der Waals surface area contributed by atoms with Crippen molar-refractivity contribution >= 4 is 11.7 Å². The summed E-state index contributed by atoms with van der Waals surface area (Å²) < 4.78 is 18.8. The minimum absolute atomic E-state index is 0.0114. The van der Waals surface area contributed by atoms with Gasteiger partial charge in [-0.25, -0.2) is 4.79 Å². The largest absolute Gasteiger partial charge is 0.459 e. The van der Waals surface area contributed by atoms with Gasteiger partial charge < -0.3 is 4.74 Å². The van der Waals surface area contributed by atoms with E-state index in [4.69, 9.17) is 4.74 Å². The zero-order valence-electron chi connectivity index (χ0n) is 11.0. The van der Waals surface area contributed by atoms with Crippen LogP contribution < -0.4 is 0 Å². The highest BCUT2D eigenvalue weighted by Gasteiger charge is 2.21. The molecule has 1 aliphatic carbocycles. The number of rotatable bonds is 3. The van der Waals surface area contributed by atoms with Gasteiger partial charge in [-0.05, 0) is 37.8 Å². The molecular formula is C14H16FNO4. The molecule has 1 saturated carbocycles. The second-order valence-corrected chi connectivity index (χ2v) is 4.94. The average molecular weight is 281 g/mol. The highest BCUT2D eigenvalue weighted by molar-refractivity contribution is 5.89. The third-order valence-electron chi connectivity index (χ3n) is 3.46. The van der Waals surface area contributed by atoms with E-state index in [0.29, 0.717) is 0 Å². The summed E-state index contributed by atoms with van der Waals surface area (Å²) in [6.07, 6.45) is 5.82. The Morgan fingerprint density at radius 3 is 2.45 bits per heavy atom. The van der Waals surface area contributed by atoms with E-state index in [1.54, 1.807) is 0 Å². The molecule has 108 valence electrons. The van der Waals surface area contributed by atoms with E-state index in [1.807, 2.05) is 0 Å². The Labute approximate surface area is 115 Å². The molecule has 5 nitrogen and oxygen atoms in total. The van der Waals surface area contributed by atoms with Crippen LogP contribution in [0.5, 0.6) is 0 Å². The number of esters is 1. The van der Waals surface area contributed by atoms with Crippen molar-refractivity contribution in [1.82, 2.24) is 0 Å². The van der Waals surface area contributed by atoms with Gasteiger partial charge in [0.05, 0.1) is 10.5 Å². The topological polar surface area (TPSA) is 69.4 Å². The molecule has 1 fully saturated rings. The summed E-state index contributed by atoms with van der Waals surface area (Å²) in [6.45, 7) is 0. The summed E-state index contributed by atoms with van der Waals surface area (Å²) in [4.78, 5) is 21.6. The molecule has 0 aliphatic heterocycles. The molecular weight excluding hydrogens is 265 g/mol. The Morgan fingerprint density at radius 1 is 1.25 bits per heavy atom. The second-order valence-electron chi connectivity index (χ2n) is 4.94. The molecule has 1 aromatic carbocycles. The fourth-order valence-corrected chi connectivity index (χ4v) is 2.36. The molecule has 2 rings (SSSR count). The minimum atomic E-state index is -1.02. The van der Waals surface area contributed by atoms with E-state index in [0.717, 1.165) is 50.7 Å². The van der Waals surface area contributed by atoms with Gasteiger partial charge in [-0.15, -0.1) is 0 Å². The lowest BCUT2D eigenvalue weighted by atomic mass is 10.1. The van der Waals surface area contributed by atoms with E-state index in [1.165, 1.54) is 6.07 Å². The van der Waals surface area contributed by atoms with E-state index < -0.39 is 22.4 Å². The van der Waals surface area contributed by atoms with Gasteiger partial charge >= 0.3 is 11.7 Å². The molecule has 0 amide bonds. The fraction of sp³-hybridized carbons (Fsp3) is 0.500. The van der Waals surface area contributed by atoms with Gasteiger partial charge in [0.2, 0.25) is 5.82 Å². The number of halogens is 1. The van der Waals surface area contributed by atoms with E-state index in [-0.39, 0.29) is 11.7 Å². The Hall–Kier alpha value is -1.98. The lowest BCUT2D eigenvalue weighted by molar-refractivity contribution is -0.387. The van der Waals surface area contributed by atoms with Crippen LogP contribution in [0.4, 0.5) is 10.1 Å². The summed E-state index contributed by atoms with van der Waals surface area (Å²) in [5, 5.41) is 10.5. The minimum Gasteiger partial charge on any atom is -0.459 e. The van der Waals surface area contributed by atoms with Gasteiger partial charge in [-0.3, -0.25) is 10.1 Å². The van der Waals surface area contributed by atoms with Crippen molar-refractivity contribution in [3.05, 3.63) is 39.7 Å². The average Bonchev–Trinajstić information content (AvgIpc) is 2.66. The van der Waals surface area contributed by atoms with Crippen LogP contribution in [0.1, 0.15) is 48.9 Å². The maximum atomic E-state index is 13.5. The van der Waals surface area contributed by atoms with Gasteiger partial charge in [-0.2, -0.15) is 4.39 Å². The molecule has 1 aliphatic rings. The van der Waals surface area contributed by atoms with Gasteiger partial charge in [0.25, 0.3) is 0 Å². The standard InChI is InChI=1S/C14H16FNO4/c15-12-9-10(7-8-13(12)16(18)19)14(17)20-11-5-3-1-2-4-6-11/h7-9,11H,1-6H2. The number of ether oxygens (including phenoxy) is 1. The Bertz CT molecular complexity index is 510. The van der Waals surface area contributed by atoms with Crippen molar-refractivity contribution in [3.8, 4) is 0 Å². The lowest BCUT2D eigenvalue weighted by Gasteiger charge is -2.15. The van der Waals surface area contributed by atoms with Gasteiger partial charge in [0.15, 0.2) is 0 Å². The second kappa shape index (κ2) is 6.45. The van der Waals surface area contributed by atoms with E-state index in [2.05, 4.69) is 0 Å². The monoisotopic (exact) mass is 281 g/mol. The van der Waals surface area contributed by atoms with Gasteiger partial charge in [0.1, 0.15) is 6.10 Å². The zero-order valence-corrected chi connectivity index (χ0v) is 11.0. The maximum Gasteiger partial charge on any atom is 0.338 e. The number of benzene rings is 1. The third-order valence-corrected chi connectivity index (χ3v) is 3.46. The molecule has 1 aromatic rings. The van der Waals surface area contributed by atoms with Crippen LogP contribution >= 0.6 is 0 Å². The molecule has 0 heterocycles. The number of hydrogen-bond acceptors (Lipinski definition) is 4. The number of nitrogens with zero attached hydrogens (tertiary/aromatic N) is 1. The van der Waals surface area contributed by atoms with E-state index in [9.17, 15) is 19.3 Å². The Morgan fingerprint density at radius 2 is 1.90 bits per heavy atom. The maximum absolute atomic E-state index is 13.5. The summed E-state index contributed by atoms with van der Waals surface area (Å²) >= 11 is 0. The van der Waals surface area contributed by atoms with Crippen molar-refractivity contribution in [3.63, 3.8) is 0 Å². The van der Waals surface area contributed by atoms with Crippen molar-refractivity contribution < 1.29 is 18.8 Å². The summed E-state index contributed by atoms with van der Waals surface area (Å²) in [7, 11) is 0. The summed E-state index contributed by atoms with van der Waals surface area (Å²) in [5.74, 6) is -1.64. The van der Waals surface area contributed by atoms with E-state index >= 15 is 0 Å². The summed E-state index contributed by atoms with van der Waals surface area (Å²) in [5.41, 5.74) is -0.631. The van der Waals surface area contributed by atoms with Crippen LogP contribution in [0, 0.1) is 15.9 Å². The molecule has 0 radical (unpaired) electrons. The fourth-order valence-electron chi connectivity index (χ4n) is 2.36. The first-order chi connectivity index (χ1) is 9.58. The molecule has 20 heavy (non-hydrogen) atoms. The molecule has 0 saturated heterocycles. The molecule has 0 N–H and O–H groups in total. The number of nitro groups is 1. The first-order valence-electron chi connectivity index (χ1n) is 6.73. The highest BCUT2D eigenvalue weighted by Crippen LogP contribution is 2.22. The normalized spacial score (nSPS) is 16.4. The highest BCUT2D eigenvalue weighted by atomic mass is 19.1. The van der Waals surface area contributed by atoms with Crippen molar-refractivity contribution in [2.75, 3.05) is 0 Å². The Kier molecular flexibility index (Phi) is 4.65. The Balaban J connectivity index is 2.05. The molecule has 6 heteroatoms. The quantitative estimate of drug-likeness (QED) is 0.367.